The molecule has 2 N–H and O–H groups in total. The second-order valence-corrected chi connectivity index (χ2v) is 6.20. The van der Waals surface area contributed by atoms with Crippen LogP contribution in [0.25, 0.3) is 0 Å². The summed E-state index contributed by atoms with van der Waals surface area (Å²) >= 11 is 1.36. The summed E-state index contributed by atoms with van der Waals surface area (Å²) in [6.45, 7) is 7.19. The van der Waals surface area contributed by atoms with Gasteiger partial charge in [0.05, 0.1) is 12.3 Å². The average molecular weight is 297 g/mol. The summed E-state index contributed by atoms with van der Waals surface area (Å²) in [4.78, 5) is 18.3. The van der Waals surface area contributed by atoms with Crippen LogP contribution < -0.4 is 5.73 Å². The lowest BCUT2D eigenvalue weighted by atomic mass is 9.91. The summed E-state index contributed by atoms with van der Waals surface area (Å²) in [6, 6.07) is 0.284. The summed E-state index contributed by atoms with van der Waals surface area (Å²) in [5.74, 6) is 0.316. The van der Waals surface area contributed by atoms with Crippen molar-refractivity contribution >= 4 is 17.3 Å². The van der Waals surface area contributed by atoms with Crippen molar-refractivity contribution in [2.45, 2.75) is 39.3 Å². The SMILES string of the molecule is CCOC(=O)c1nc(CN2CCC(C(C)N)CC2)cs1. The summed E-state index contributed by atoms with van der Waals surface area (Å²) in [5, 5.41) is 2.40. The molecule has 20 heavy (non-hydrogen) atoms. The third-order valence-electron chi connectivity index (χ3n) is 3.76. The molecule has 0 aliphatic carbocycles. The Kier molecular flexibility index (Phi) is 5.51. The second kappa shape index (κ2) is 7.15. The minimum absolute atomic E-state index is 0.284. The van der Waals surface area contributed by atoms with Gasteiger partial charge >= 0.3 is 5.97 Å². The highest BCUT2D eigenvalue weighted by atomic mass is 32.1. The van der Waals surface area contributed by atoms with Gasteiger partial charge in [0.15, 0.2) is 0 Å². The molecule has 112 valence electrons. The van der Waals surface area contributed by atoms with E-state index in [1.165, 1.54) is 11.3 Å². The highest BCUT2D eigenvalue weighted by molar-refractivity contribution is 7.11. The predicted molar refractivity (Wildman–Crippen MR) is 79.7 cm³/mol. The van der Waals surface area contributed by atoms with Crippen molar-refractivity contribution in [3.05, 3.63) is 16.1 Å². The number of esters is 1. The van der Waals surface area contributed by atoms with Gasteiger partial charge in [-0.3, -0.25) is 4.90 Å². The molecule has 0 bridgehead atoms. The number of rotatable bonds is 5. The first-order valence-corrected chi connectivity index (χ1v) is 8.07. The van der Waals surface area contributed by atoms with Gasteiger partial charge in [0, 0.05) is 18.0 Å². The second-order valence-electron chi connectivity index (χ2n) is 5.34. The van der Waals surface area contributed by atoms with E-state index in [0.717, 1.165) is 38.2 Å². The summed E-state index contributed by atoms with van der Waals surface area (Å²) < 4.78 is 4.95. The van der Waals surface area contributed by atoms with Crippen LogP contribution in [-0.2, 0) is 11.3 Å². The number of carbonyl (C=O) groups excluding carboxylic acids is 1. The van der Waals surface area contributed by atoms with Crippen LogP contribution >= 0.6 is 11.3 Å². The van der Waals surface area contributed by atoms with Gasteiger partial charge in [-0.2, -0.15) is 0 Å². The highest BCUT2D eigenvalue weighted by Gasteiger charge is 2.22. The first-order valence-electron chi connectivity index (χ1n) is 7.19. The molecular weight excluding hydrogens is 274 g/mol. The van der Waals surface area contributed by atoms with Crippen LogP contribution in [0, 0.1) is 5.92 Å². The Morgan fingerprint density at radius 1 is 1.60 bits per heavy atom. The van der Waals surface area contributed by atoms with Gasteiger partial charge < -0.3 is 10.5 Å². The molecule has 0 saturated carbocycles. The Morgan fingerprint density at radius 3 is 2.90 bits per heavy atom. The van der Waals surface area contributed by atoms with E-state index in [0.29, 0.717) is 17.5 Å². The molecular formula is C14H23N3O2S. The molecule has 1 aromatic rings. The summed E-state index contributed by atoms with van der Waals surface area (Å²) in [7, 11) is 0. The number of nitrogens with two attached hydrogens (primary N) is 1. The topological polar surface area (TPSA) is 68.5 Å². The number of thiazole rings is 1. The van der Waals surface area contributed by atoms with Gasteiger partial charge in [-0.25, -0.2) is 9.78 Å². The maximum absolute atomic E-state index is 11.6. The van der Waals surface area contributed by atoms with Crippen LogP contribution in [0.5, 0.6) is 0 Å². The lowest BCUT2D eigenvalue weighted by Gasteiger charge is -2.33. The number of hydrogen-bond acceptors (Lipinski definition) is 6. The molecule has 1 atom stereocenters. The fourth-order valence-corrected chi connectivity index (χ4v) is 3.23. The zero-order chi connectivity index (χ0) is 14.5. The van der Waals surface area contributed by atoms with E-state index in [9.17, 15) is 4.79 Å². The molecule has 1 unspecified atom stereocenters. The van der Waals surface area contributed by atoms with E-state index in [4.69, 9.17) is 10.5 Å². The van der Waals surface area contributed by atoms with Crippen molar-refractivity contribution in [2.75, 3.05) is 19.7 Å². The molecule has 6 heteroatoms. The average Bonchev–Trinajstić information content (AvgIpc) is 2.88. The van der Waals surface area contributed by atoms with E-state index in [1.807, 2.05) is 5.38 Å². The van der Waals surface area contributed by atoms with Crippen molar-refractivity contribution in [3.63, 3.8) is 0 Å². The first kappa shape index (κ1) is 15.4. The van der Waals surface area contributed by atoms with Gasteiger partial charge in [0.1, 0.15) is 0 Å². The number of ether oxygens (including phenoxy) is 1. The van der Waals surface area contributed by atoms with Crippen LogP contribution in [0.3, 0.4) is 0 Å². The third kappa shape index (κ3) is 4.01. The van der Waals surface area contributed by atoms with Gasteiger partial charge in [-0.15, -0.1) is 11.3 Å². The number of carbonyl (C=O) groups is 1. The Hall–Kier alpha value is -0.980. The molecule has 1 saturated heterocycles. The standard InChI is InChI=1S/C14H23N3O2S/c1-3-19-14(18)13-16-12(9-20-13)8-17-6-4-11(5-7-17)10(2)15/h9-11H,3-8,15H2,1-2H3. The monoisotopic (exact) mass is 297 g/mol. The van der Waals surface area contributed by atoms with Crippen LogP contribution in [0.4, 0.5) is 0 Å². The Balaban J connectivity index is 1.84. The lowest BCUT2D eigenvalue weighted by molar-refractivity contribution is 0.0525. The molecule has 2 rings (SSSR count). The molecule has 0 aromatic carbocycles. The van der Waals surface area contributed by atoms with Crippen LogP contribution in [0.15, 0.2) is 5.38 Å². The van der Waals surface area contributed by atoms with E-state index >= 15 is 0 Å². The largest absolute Gasteiger partial charge is 0.461 e. The summed E-state index contributed by atoms with van der Waals surface area (Å²) in [6.07, 6.45) is 2.29. The predicted octanol–water partition coefficient (Wildman–Crippen LogP) is 1.88. The molecule has 0 radical (unpaired) electrons. The van der Waals surface area contributed by atoms with Crippen molar-refractivity contribution in [2.24, 2.45) is 11.7 Å². The zero-order valence-corrected chi connectivity index (χ0v) is 13.0. The Morgan fingerprint density at radius 2 is 2.30 bits per heavy atom. The molecule has 1 aromatic heterocycles. The van der Waals surface area contributed by atoms with Crippen molar-refractivity contribution in [1.29, 1.82) is 0 Å². The van der Waals surface area contributed by atoms with Gasteiger partial charge in [-0.1, -0.05) is 0 Å². The van der Waals surface area contributed by atoms with E-state index in [2.05, 4.69) is 16.8 Å². The molecule has 0 amide bonds. The Labute approximate surface area is 124 Å². The van der Waals surface area contributed by atoms with E-state index in [1.54, 1.807) is 6.92 Å². The normalized spacial score (nSPS) is 18.9. The Bertz CT molecular complexity index is 439. The van der Waals surface area contributed by atoms with Crippen LogP contribution in [0.1, 0.15) is 42.2 Å². The van der Waals surface area contributed by atoms with Crippen LogP contribution in [0.2, 0.25) is 0 Å². The maximum Gasteiger partial charge on any atom is 0.367 e. The maximum atomic E-state index is 11.6. The minimum atomic E-state index is -0.320. The van der Waals surface area contributed by atoms with Gasteiger partial charge in [-0.05, 0) is 45.7 Å². The third-order valence-corrected chi connectivity index (χ3v) is 4.63. The lowest BCUT2D eigenvalue weighted by Crippen LogP contribution is -2.39. The van der Waals surface area contributed by atoms with Crippen molar-refractivity contribution < 1.29 is 9.53 Å². The minimum Gasteiger partial charge on any atom is -0.461 e. The van der Waals surface area contributed by atoms with Crippen molar-refractivity contribution in [1.82, 2.24) is 9.88 Å². The molecule has 1 fully saturated rings. The number of likely N-dealkylation sites (tertiary alicyclic amines) is 1. The molecule has 2 heterocycles. The quantitative estimate of drug-likeness (QED) is 0.840. The smallest absolute Gasteiger partial charge is 0.367 e. The van der Waals surface area contributed by atoms with E-state index in [-0.39, 0.29) is 12.0 Å². The molecule has 1 aliphatic rings. The fourth-order valence-electron chi connectivity index (χ4n) is 2.53. The highest BCUT2D eigenvalue weighted by Crippen LogP contribution is 2.21. The first-order chi connectivity index (χ1) is 9.60. The number of nitrogens with zero attached hydrogens (tertiary/aromatic N) is 2. The molecule has 1 aliphatic heterocycles. The summed E-state index contributed by atoms with van der Waals surface area (Å²) in [5.41, 5.74) is 6.91. The number of piperidine rings is 1. The number of aromatic nitrogens is 1. The molecule has 5 nitrogen and oxygen atoms in total. The van der Waals surface area contributed by atoms with Crippen molar-refractivity contribution in [3.8, 4) is 0 Å². The zero-order valence-electron chi connectivity index (χ0n) is 12.2. The fraction of sp³-hybridized carbons (Fsp3) is 0.714. The van der Waals surface area contributed by atoms with E-state index < -0.39 is 0 Å². The molecule has 0 spiro atoms. The van der Waals surface area contributed by atoms with Gasteiger partial charge in [0.2, 0.25) is 5.01 Å². The van der Waals surface area contributed by atoms with Gasteiger partial charge in [0.25, 0.3) is 0 Å². The number of hydrogen-bond donors (Lipinski definition) is 1. The van der Waals surface area contributed by atoms with Crippen LogP contribution in [-0.4, -0.2) is 41.6 Å².